The summed E-state index contributed by atoms with van der Waals surface area (Å²) in [7, 11) is 0. The Hall–Kier alpha value is -4.18. The molecule has 3 aromatic heterocycles. The van der Waals surface area contributed by atoms with Crippen LogP contribution in [-0.4, -0.2) is 20.8 Å². The third kappa shape index (κ3) is 4.97. The van der Waals surface area contributed by atoms with E-state index in [2.05, 4.69) is 119 Å². The molecule has 4 heterocycles. The second-order valence-electron chi connectivity index (χ2n) is 10.6. The van der Waals surface area contributed by atoms with E-state index < -0.39 is 0 Å². The minimum Gasteiger partial charge on any atom is -0.508 e. The molecule has 0 spiro atoms. The molecule has 4 aromatic carbocycles. The van der Waals surface area contributed by atoms with E-state index in [1.807, 2.05) is 42.5 Å². The smallest absolute Gasteiger partial charge is 0.508 e. The quantitative estimate of drug-likeness (QED) is 0.171. The van der Waals surface area contributed by atoms with Gasteiger partial charge < -0.3 is 19.2 Å². The molecule has 1 aliphatic rings. The number of hydrogen-bond acceptors (Lipinski definition) is 3. The summed E-state index contributed by atoms with van der Waals surface area (Å²) in [5, 5.41) is 5.22. The molecule has 5 heteroatoms. The zero-order valence-electron chi connectivity index (χ0n) is 23.0. The fourth-order valence-electron chi connectivity index (χ4n) is 5.65. The number of fused-ring (bicyclic) bond motifs is 6. The van der Waals surface area contributed by atoms with Crippen LogP contribution in [0.25, 0.3) is 49.4 Å². The molecular weight excluding hydrogens is 681 g/mol. The van der Waals surface area contributed by atoms with Crippen molar-refractivity contribution < 1.29 is 20.1 Å². The fourth-order valence-corrected chi connectivity index (χ4v) is 5.65. The van der Waals surface area contributed by atoms with E-state index >= 15 is 0 Å². The molecule has 41 heavy (non-hydrogen) atoms. The first-order chi connectivity index (χ1) is 19.7. The Labute approximate surface area is 254 Å². The van der Waals surface area contributed by atoms with Gasteiger partial charge in [-0.2, -0.15) is 18.8 Å². The van der Waals surface area contributed by atoms with Gasteiger partial charge in [-0.3, -0.25) is 0 Å². The predicted octanol–water partition coefficient (Wildman–Crippen LogP) is 8.55. The van der Waals surface area contributed by atoms with Crippen molar-refractivity contribution >= 4 is 43.8 Å². The van der Waals surface area contributed by atoms with Crippen molar-refractivity contribution in [3.05, 3.63) is 134 Å². The van der Waals surface area contributed by atoms with Crippen LogP contribution in [0.5, 0.6) is 0 Å². The van der Waals surface area contributed by atoms with Crippen molar-refractivity contribution in [1.82, 2.24) is 14.3 Å². The Morgan fingerprint density at radius 2 is 1.56 bits per heavy atom. The second kappa shape index (κ2) is 11.4. The van der Waals surface area contributed by atoms with Gasteiger partial charge in [-0.05, 0) is 48.1 Å². The molecule has 8 rings (SSSR count). The first-order valence-corrected chi connectivity index (χ1v) is 13.7. The molecule has 0 atom stereocenters. The Morgan fingerprint density at radius 3 is 2.34 bits per heavy atom. The molecule has 202 valence electrons. The molecule has 0 bridgehead atoms. The number of nitrogens with zero attached hydrogens (tertiary/aromatic N) is 4. The van der Waals surface area contributed by atoms with Gasteiger partial charge in [0.05, 0.1) is 0 Å². The summed E-state index contributed by atoms with van der Waals surface area (Å²) in [6.07, 6.45) is 6.04. The minimum atomic E-state index is 0. The molecule has 0 amide bonds. The second-order valence-corrected chi connectivity index (χ2v) is 10.6. The van der Waals surface area contributed by atoms with E-state index in [0.717, 1.165) is 23.5 Å². The molecule has 0 radical (unpaired) electrons. The number of benzene rings is 4. The van der Waals surface area contributed by atoms with Gasteiger partial charge in [-0.1, -0.05) is 67.9 Å². The predicted molar refractivity (Wildman–Crippen MR) is 166 cm³/mol. The maximum absolute atomic E-state index is 4.22. The Bertz CT molecular complexity index is 1910. The average molecular weight is 710 g/mol. The van der Waals surface area contributed by atoms with Gasteiger partial charge >= 0.3 is 20.1 Å². The summed E-state index contributed by atoms with van der Waals surface area (Å²) < 4.78 is 2.39. The number of anilines is 1. The standard InChI is InChI=1S/C25H21N3.C11H8N.Ir/c1-17(2)15-26-12-13-27(16-26)18-10-11-24-22(14-18)21-8-5-7-20-19-6-3-4-9-23(19)28(24)25(20)21;1-2-6-10(7-3-1)11-8-4-5-9-12-11;/h3-9,11-14,16-17H,15H2,1-2H3;1-6,8-9H;/q-2;-1;+3. The summed E-state index contributed by atoms with van der Waals surface area (Å²) in [5.41, 5.74) is 6.88. The molecule has 0 aliphatic carbocycles. The van der Waals surface area contributed by atoms with Gasteiger partial charge in [0.15, 0.2) is 0 Å². The van der Waals surface area contributed by atoms with E-state index in [-0.39, 0.29) is 20.1 Å². The third-order valence-corrected chi connectivity index (χ3v) is 7.34. The Kier molecular flexibility index (Phi) is 7.49. The summed E-state index contributed by atoms with van der Waals surface area (Å²) in [6.45, 7) is 7.66. The monoisotopic (exact) mass is 710 g/mol. The van der Waals surface area contributed by atoms with E-state index in [1.165, 1.54) is 38.1 Å². The molecule has 1 aliphatic heterocycles. The van der Waals surface area contributed by atoms with E-state index in [4.69, 9.17) is 0 Å². The third-order valence-electron chi connectivity index (χ3n) is 7.34. The maximum atomic E-state index is 4.22. The maximum Gasteiger partial charge on any atom is 3.00 e. The Balaban J connectivity index is 0.000000196. The largest absolute Gasteiger partial charge is 3.00 e. The number of para-hydroxylation sites is 2. The van der Waals surface area contributed by atoms with Crippen LogP contribution in [0.15, 0.2) is 116 Å². The van der Waals surface area contributed by atoms with Crippen molar-refractivity contribution in [2.75, 3.05) is 11.4 Å². The molecule has 0 N–H and O–H groups in total. The average Bonchev–Trinajstić information content (AvgIpc) is 3.69. The van der Waals surface area contributed by atoms with Crippen LogP contribution >= 0.6 is 0 Å². The van der Waals surface area contributed by atoms with Crippen molar-refractivity contribution in [3.63, 3.8) is 0 Å². The number of rotatable bonds is 4. The van der Waals surface area contributed by atoms with Crippen LogP contribution in [-0.2, 0) is 20.1 Å². The summed E-state index contributed by atoms with van der Waals surface area (Å²) in [4.78, 5) is 8.62. The van der Waals surface area contributed by atoms with E-state index in [1.54, 1.807) is 6.20 Å². The van der Waals surface area contributed by atoms with Crippen molar-refractivity contribution in [2.45, 2.75) is 13.8 Å². The van der Waals surface area contributed by atoms with Crippen LogP contribution in [0.4, 0.5) is 5.69 Å². The SMILES string of the molecule is CC(C)CN1C=CN(c2[c-]cc3c(c2)c2cccc4c5ccccc5n3c24)[CH-]1.[Ir+3].[c-]1ccccc1-c1ccccn1. The van der Waals surface area contributed by atoms with Gasteiger partial charge in [-0.15, -0.1) is 53.0 Å². The molecular formula is C36H29IrN4. The molecule has 0 saturated carbocycles. The first kappa shape index (κ1) is 27.0. The zero-order chi connectivity index (χ0) is 27.1. The van der Waals surface area contributed by atoms with Crippen LogP contribution < -0.4 is 4.90 Å². The van der Waals surface area contributed by atoms with E-state index in [0.29, 0.717) is 5.92 Å². The van der Waals surface area contributed by atoms with Gasteiger partial charge in [0.2, 0.25) is 0 Å². The zero-order valence-corrected chi connectivity index (χ0v) is 25.3. The van der Waals surface area contributed by atoms with Gasteiger partial charge in [-0.25, -0.2) is 0 Å². The van der Waals surface area contributed by atoms with Gasteiger partial charge in [0, 0.05) is 28.0 Å². The van der Waals surface area contributed by atoms with Gasteiger partial charge in [0.25, 0.3) is 0 Å². The van der Waals surface area contributed by atoms with Gasteiger partial charge in [0.1, 0.15) is 0 Å². The molecule has 0 saturated heterocycles. The van der Waals surface area contributed by atoms with Crippen LogP contribution in [0.2, 0.25) is 0 Å². The Morgan fingerprint density at radius 1 is 0.780 bits per heavy atom. The molecule has 0 fully saturated rings. The van der Waals surface area contributed by atoms with Crippen LogP contribution in [0.1, 0.15) is 13.8 Å². The summed E-state index contributed by atoms with van der Waals surface area (Å²) in [5.74, 6) is 0.627. The van der Waals surface area contributed by atoms with Crippen LogP contribution in [0, 0.1) is 24.7 Å². The van der Waals surface area contributed by atoms with Crippen LogP contribution in [0.3, 0.4) is 0 Å². The molecule has 7 aromatic rings. The minimum absolute atomic E-state index is 0. The normalized spacial score (nSPS) is 13.0. The topological polar surface area (TPSA) is 23.8 Å². The molecule has 4 nitrogen and oxygen atoms in total. The van der Waals surface area contributed by atoms with E-state index in [9.17, 15) is 0 Å². The van der Waals surface area contributed by atoms with Crippen molar-refractivity contribution in [3.8, 4) is 11.3 Å². The summed E-state index contributed by atoms with van der Waals surface area (Å²) in [6, 6.07) is 40.1. The summed E-state index contributed by atoms with van der Waals surface area (Å²) >= 11 is 0. The number of pyridine rings is 1. The van der Waals surface area contributed by atoms with Crippen molar-refractivity contribution in [2.24, 2.45) is 5.92 Å². The first-order valence-electron chi connectivity index (χ1n) is 13.7. The fraction of sp³-hybridized carbons (Fsp3) is 0.111. The number of hydrogen-bond donors (Lipinski definition) is 0. The molecule has 0 unspecified atom stereocenters. The number of aromatic nitrogens is 2. The van der Waals surface area contributed by atoms with Crippen molar-refractivity contribution in [1.29, 1.82) is 0 Å².